The van der Waals surface area contributed by atoms with Crippen molar-refractivity contribution in [1.82, 2.24) is 24.9 Å². The van der Waals surface area contributed by atoms with E-state index in [0.29, 0.717) is 22.5 Å². The average Bonchev–Trinajstić information content (AvgIpc) is 3.35. The minimum Gasteiger partial charge on any atom is -0.333 e. The fourth-order valence-corrected chi connectivity index (χ4v) is 3.76. The van der Waals surface area contributed by atoms with Crippen molar-refractivity contribution in [2.24, 2.45) is 7.05 Å². The molecule has 126 valence electrons. The number of thiophene rings is 1. The Morgan fingerprint density at radius 1 is 1.20 bits per heavy atom. The van der Waals surface area contributed by atoms with Gasteiger partial charge < -0.3 is 9.09 Å². The Morgan fingerprint density at radius 3 is 2.80 bits per heavy atom. The van der Waals surface area contributed by atoms with E-state index in [2.05, 4.69) is 20.3 Å². The smallest absolute Gasteiger partial charge is 0.268 e. The van der Waals surface area contributed by atoms with E-state index in [1.54, 1.807) is 11.3 Å². The molecule has 0 atom stereocenters. The molecule has 0 amide bonds. The van der Waals surface area contributed by atoms with Crippen LogP contribution in [-0.2, 0) is 12.8 Å². The van der Waals surface area contributed by atoms with Gasteiger partial charge in [0.1, 0.15) is 0 Å². The first-order chi connectivity index (χ1) is 12.2. The lowest BCUT2D eigenvalue weighted by Gasteiger charge is -2.03. The number of rotatable bonds is 5. The molecule has 4 rings (SSSR count). The van der Waals surface area contributed by atoms with E-state index in [1.807, 2.05) is 53.4 Å². The lowest BCUT2D eigenvalue weighted by atomic mass is 10.2. The molecule has 0 aliphatic rings. The zero-order valence-corrected chi connectivity index (χ0v) is 15.5. The highest BCUT2D eigenvalue weighted by molar-refractivity contribution is 7.98. The molecule has 0 aliphatic heterocycles. The number of hydrogen-bond acceptors (Lipinski definition) is 7. The van der Waals surface area contributed by atoms with Crippen molar-refractivity contribution in [2.45, 2.75) is 10.9 Å². The second-order valence-electron chi connectivity index (χ2n) is 5.15. The van der Waals surface area contributed by atoms with Crippen LogP contribution in [0.5, 0.6) is 0 Å². The summed E-state index contributed by atoms with van der Waals surface area (Å²) in [5.74, 6) is 2.52. The summed E-state index contributed by atoms with van der Waals surface area (Å²) in [5.41, 5.74) is 0.964. The van der Waals surface area contributed by atoms with Crippen molar-refractivity contribution < 1.29 is 4.52 Å². The molecule has 3 aromatic heterocycles. The fourth-order valence-electron chi connectivity index (χ4n) is 2.23. The minimum absolute atomic E-state index is 0.547. The number of aromatic nitrogens is 5. The van der Waals surface area contributed by atoms with Gasteiger partial charge in [-0.15, -0.1) is 21.5 Å². The van der Waals surface area contributed by atoms with E-state index in [-0.39, 0.29) is 0 Å². The van der Waals surface area contributed by atoms with Crippen molar-refractivity contribution in [2.75, 3.05) is 0 Å². The van der Waals surface area contributed by atoms with E-state index in [4.69, 9.17) is 16.1 Å². The van der Waals surface area contributed by atoms with Crippen LogP contribution in [-0.4, -0.2) is 24.9 Å². The van der Waals surface area contributed by atoms with E-state index < -0.39 is 0 Å². The SMILES string of the molecule is Cn1c(SCc2noc(-c3cccs3)n2)nnc1-c1ccc(Cl)cc1. The highest BCUT2D eigenvalue weighted by Crippen LogP contribution is 2.27. The van der Waals surface area contributed by atoms with Crippen LogP contribution in [0.4, 0.5) is 0 Å². The molecule has 0 N–H and O–H groups in total. The highest BCUT2D eigenvalue weighted by atomic mass is 35.5. The summed E-state index contributed by atoms with van der Waals surface area (Å²) in [5, 5.41) is 16.0. The number of hydrogen-bond donors (Lipinski definition) is 0. The van der Waals surface area contributed by atoms with Gasteiger partial charge in [-0.3, -0.25) is 0 Å². The Balaban J connectivity index is 1.48. The van der Waals surface area contributed by atoms with Crippen molar-refractivity contribution in [3.8, 4) is 22.2 Å². The molecule has 0 radical (unpaired) electrons. The summed E-state index contributed by atoms with van der Waals surface area (Å²) in [6, 6.07) is 11.4. The second-order valence-corrected chi connectivity index (χ2v) is 7.48. The number of nitrogens with zero attached hydrogens (tertiary/aromatic N) is 5. The molecule has 1 aromatic carbocycles. The third-order valence-electron chi connectivity index (χ3n) is 3.47. The number of halogens is 1. The quantitative estimate of drug-likeness (QED) is 0.467. The minimum atomic E-state index is 0.547. The van der Waals surface area contributed by atoms with Crippen LogP contribution in [0.25, 0.3) is 22.2 Å². The summed E-state index contributed by atoms with van der Waals surface area (Å²) in [6.45, 7) is 0. The van der Waals surface area contributed by atoms with E-state index in [1.165, 1.54) is 11.8 Å². The predicted molar refractivity (Wildman–Crippen MR) is 98.6 cm³/mol. The third kappa shape index (κ3) is 3.46. The van der Waals surface area contributed by atoms with Crippen LogP contribution in [0.15, 0.2) is 51.5 Å². The van der Waals surface area contributed by atoms with Crippen LogP contribution in [0.3, 0.4) is 0 Å². The zero-order chi connectivity index (χ0) is 17.2. The van der Waals surface area contributed by atoms with E-state index in [0.717, 1.165) is 21.4 Å². The molecule has 0 spiro atoms. The number of benzene rings is 1. The van der Waals surface area contributed by atoms with Gasteiger partial charge in [0.25, 0.3) is 5.89 Å². The third-order valence-corrected chi connectivity index (χ3v) is 5.59. The highest BCUT2D eigenvalue weighted by Gasteiger charge is 2.14. The normalized spacial score (nSPS) is 11.1. The van der Waals surface area contributed by atoms with Gasteiger partial charge >= 0.3 is 0 Å². The standard InChI is InChI=1S/C16H12ClN5OS2/c1-22-14(10-4-6-11(17)7-5-10)19-20-16(22)25-9-13-18-15(23-21-13)12-3-2-8-24-12/h2-8H,9H2,1H3. The van der Waals surface area contributed by atoms with Crippen LogP contribution in [0, 0.1) is 0 Å². The van der Waals surface area contributed by atoms with Gasteiger partial charge in [0.15, 0.2) is 16.8 Å². The van der Waals surface area contributed by atoms with Gasteiger partial charge in [-0.05, 0) is 35.7 Å². The van der Waals surface area contributed by atoms with Crippen molar-refractivity contribution in [3.05, 3.63) is 52.6 Å². The Labute approximate surface area is 156 Å². The van der Waals surface area contributed by atoms with Gasteiger partial charge in [-0.25, -0.2) is 0 Å². The predicted octanol–water partition coefficient (Wildman–Crippen LogP) is 4.54. The average molecular weight is 390 g/mol. The second kappa shape index (κ2) is 6.99. The van der Waals surface area contributed by atoms with Gasteiger partial charge in [-0.2, -0.15) is 4.98 Å². The van der Waals surface area contributed by atoms with Gasteiger partial charge in [0.2, 0.25) is 0 Å². The molecule has 0 saturated carbocycles. The lowest BCUT2D eigenvalue weighted by Crippen LogP contribution is -1.95. The summed E-state index contributed by atoms with van der Waals surface area (Å²) in [6.07, 6.45) is 0. The molecule has 0 fully saturated rings. The first kappa shape index (κ1) is 16.3. The van der Waals surface area contributed by atoms with Crippen LogP contribution in [0.2, 0.25) is 5.02 Å². The first-order valence-electron chi connectivity index (χ1n) is 7.35. The zero-order valence-electron chi connectivity index (χ0n) is 13.1. The van der Waals surface area contributed by atoms with E-state index in [9.17, 15) is 0 Å². The Morgan fingerprint density at radius 2 is 2.04 bits per heavy atom. The summed E-state index contributed by atoms with van der Waals surface area (Å²) < 4.78 is 7.23. The maximum Gasteiger partial charge on any atom is 0.268 e. The largest absolute Gasteiger partial charge is 0.333 e. The molecule has 3 heterocycles. The van der Waals surface area contributed by atoms with Crippen molar-refractivity contribution in [1.29, 1.82) is 0 Å². The molecule has 25 heavy (non-hydrogen) atoms. The molecular formula is C16H12ClN5OS2. The molecular weight excluding hydrogens is 378 g/mol. The van der Waals surface area contributed by atoms with Crippen LogP contribution >= 0.6 is 34.7 Å². The molecule has 0 saturated heterocycles. The fraction of sp³-hybridized carbons (Fsp3) is 0.125. The lowest BCUT2D eigenvalue weighted by molar-refractivity contribution is 0.426. The Kier molecular flexibility index (Phi) is 4.56. The molecule has 0 unspecified atom stereocenters. The molecule has 0 aliphatic carbocycles. The Hall–Kier alpha value is -2.16. The van der Waals surface area contributed by atoms with Gasteiger partial charge in [0.05, 0.1) is 10.6 Å². The van der Waals surface area contributed by atoms with Gasteiger partial charge in [-0.1, -0.05) is 34.6 Å². The molecule has 4 aromatic rings. The summed E-state index contributed by atoms with van der Waals surface area (Å²) in [4.78, 5) is 5.38. The van der Waals surface area contributed by atoms with Crippen molar-refractivity contribution >= 4 is 34.7 Å². The monoisotopic (exact) mass is 389 g/mol. The van der Waals surface area contributed by atoms with Crippen LogP contribution in [0.1, 0.15) is 5.82 Å². The summed E-state index contributed by atoms with van der Waals surface area (Å²) >= 11 is 9.01. The maximum atomic E-state index is 5.93. The van der Waals surface area contributed by atoms with E-state index >= 15 is 0 Å². The summed E-state index contributed by atoms with van der Waals surface area (Å²) in [7, 11) is 1.93. The van der Waals surface area contributed by atoms with Crippen LogP contribution < -0.4 is 0 Å². The number of thioether (sulfide) groups is 1. The topological polar surface area (TPSA) is 69.6 Å². The van der Waals surface area contributed by atoms with Crippen molar-refractivity contribution in [3.63, 3.8) is 0 Å². The maximum absolute atomic E-state index is 5.93. The molecule has 0 bridgehead atoms. The Bertz CT molecular complexity index is 979. The first-order valence-corrected chi connectivity index (χ1v) is 9.59. The molecule has 6 nitrogen and oxygen atoms in total. The molecule has 9 heteroatoms. The van der Waals surface area contributed by atoms with Gasteiger partial charge in [0, 0.05) is 17.6 Å².